The number of hydrogen-bond acceptors (Lipinski definition) is 3. The summed E-state index contributed by atoms with van der Waals surface area (Å²) in [5.41, 5.74) is 6.35. The summed E-state index contributed by atoms with van der Waals surface area (Å²) in [5.74, 6) is 0.531. The number of alkyl halides is 3. The van der Waals surface area contributed by atoms with Crippen molar-refractivity contribution in [1.29, 1.82) is 0 Å². The number of rotatable bonds is 4. The van der Waals surface area contributed by atoms with E-state index < -0.39 is 11.7 Å². The molecule has 0 atom stereocenters. The highest BCUT2D eigenvalue weighted by Crippen LogP contribution is 2.33. The third kappa shape index (κ3) is 3.36. The monoisotopic (exact) mass is 299 g/mol. The number of nitrogens with zero attached hydrogens (tertiary/aromatic N) is 2. The van der Waals surface area contributed by atoms with E-state index in [-0.39, 0.29) is 5.75 Å². The smallest absolute Gasteiger partial charge is 0.416 e. The van der Waals surface area contributed by atoms with E-state index in [4.69, 9.17) is 10.5 Å². The van der Waals surface area contributed by atoms with Crippen LogP contribution >= 0.6 is 0 Å². The second-order valence-corrected chi connectivity index (χ2v) is 4.66. The van der Waals surface area contributed by atoms with E-state index in [2.05, 4.69) is 5.10 Å². The number of hydrogen-bond donors (Lipinski definition) is 1. The van der Waals surface area contributed by atoms with Gasteiger partial charge in [-0.2, -0.15) is 18.3 Å². The number of nitrogens with two attached hydrogens (primary N) is 1. The molecule has 0 aliphatic heterocycles. The maximum Gasteiger partial charge on any atom is 0.416 e. The summed E-state index contributed by atoms with van der Waals surface area (Å²) in [4.78, 5) is 0. The zero-order chi connectivity index (χ0) is 15.6. The summed E-state index contributed by atoms with van der Waals surface area (Å²) < 4.78 is 45.2. The van der Waals surface area contributed by atoms with Gasteiger partial charge in [0.05, 0.1) is 11.3 Å². The van der Waals surface area contributed by atoms with Gasteiger partial charge in [0.1, 0.15) is 5.75 Å². The highest BCUT2D eigenvalue weighted by molar-refractivity contribution is 5.38. The van der Waals surface area contributed by atoms with Crippen LogP contribution < -0.4 is 10.5 Å². The third-order valence-electron chi connectivity index (χ3n) is 3.06. The molecule has 21 heavy (non-hydrogen) atoms. The lowest BCUT2D eigenvalue weighted by atomic mass is 10.2. The average molecular weight is 299 g/mol. The predicted molar refractivity (Wildman–Crippen MR) is 72.2 cm³/mol. The Balaban J connectivity index is 2.35. The summed E-state index contributed by atoms with van der Waals surface area (Å²) in [6.45, 7) is 2.22. The van der Waals surface area contributed by atoms with Crippen molar-refractivity contribution in [1.82, 2.24) is 9.78 Å². The molecule has 1 aromatic heterocycles. The second kappa shape index (κ2) is 5.77. The SMILES string of the molecule is Cc1nn(C)c(Oc2cccc(C(F)(F)F)c2)c1CCN. The molecule has 4 nitrogen and oxygen atoms in total. The molecule has 1 heterocycles. The van der Waals surface area contributed by atoms with Gasteiger partial charge in [-0.05, 0) is 38.1 Å². The first-order chi connectivity index (χ1) is 9.82. The summed E-state index contributed by atoms with van der Waals surface area (Å²) in [6, 6.07) is 4.75. The number of halogens is 3. The molecule has 7 heteroatoms. The van der Waals surface area contributed by atoms with Crippen LogP contribution in [0.25, 0.3) is 0 Å². The van der Waals surface area contributed by atoms with Crippen molar-refractivity contribution in [3.05, 3.63) is 41.1 Å². The standard InChI is InChI=1S/C14H16F3N3O/c1-9-12(6-7-18)13(20(2)19-9)21-11-5-3-4-10(8-11)14(15,16)17/h3-5,8H,6-7,18H2,1-2H3. The Morgan fingerprint density at radius 2 is 2.05 bits per heavy atom. The van der Waals surface area contributed by atoms with Crippen molar-refractivity contribution < 1.29 is 17.9 Å². The van der Waals surface area contributed by atoms with Crippen LogP contribution in [0.15, 0.2) is 24.3 Å². The fourth-order valence-electron chi connectivity index (χ4n) is 2.09. The highest BCUT2D eigenvalue weighted by atomic mass is 19.4. The maximum atomic E-state index is 12.7. The zero-order valence-corrected chi connectivity index (χ0v) is 11.7. The predicted octanol–water partition coefficient (Wildman–Crippen LogP) is 3.04. The van der Waals surface area contributed by atoms with Gasteiger partial charge >= 0.3 is 6.18 Å². The minimum absolute atomic E-state index is 0.117. The van der Waals surface area contributed by atoms with Gasteiger partial charge in [-0.25, -0.2) is 4.68 Å². The Bertz CT molecular complexity index is 635. The van der Waals surface area contributed by atoms with Crippen LogP contribution in [0.1, 0.15) is 16.8 Å². The normalized spacial score (nSPS) is 11.7. The van der Waals surface area contributed by atoms with Crippen LogP contribution in [0, 0.1) is 6.92 Å². The number of ether oxygens (including phenoxy) is 1. The molecule has 0 bridgehead atoms. The molecule has 2 N–H and O–H groups in total. The van der Waals surface area contributed by atoms with E-state index in [0.717, 1.165) is 23.4 Å². The van der Waals surface area contributed by atoms with E-state index in [1.807, 2.05) is 6.92 Å². The van der Waals surface area contributed by atoms with Crippen LogP contribution in [-0.2, 0) is 19.6 Å². The molecule has 1 aromatic carbocycles. The van der Waals surface area contributed by atoms with E-state index in [1.165, 1.54) is 16.8 Å². The van der Waals surface area contributed by atoms with Gasteiger partial charge in [-0.1, -0.05) is 6.07 Å². The first-order valence-electron chi connectivity index (χ1n) is 6.40. The topological polar surface area (TPSA) is 53.1 Å². The fourth-order valence-corrected chi connectivity index (χ4v) is 2.09. The summed E-state index contributed by atoms with van der Waals surface area (Å²) in [6.07, 6.45) is -3.85. The highest BCUT2D eigenvalue weighted by Gasteiger charge is 2.30. The molecule has 114 valence electrons. The molecule has 0 amide bonds. The van der Waals surface area contributed by atoms with Gasteiger partial charge in [0, 0.05) is 12.6 Å². The van der Waals surface area contributed by atoms with Crippen LogP contribution in [-0.4, -0.2) is 16.3 Å². The van der Waals surface area contributed by atoms with Crippen molar-refractivity contribution in [2.45, 2.75) is 19.5 Å². The maximum absolute atomic E-state index is 12.7. The molecule has 0 aliphatic rings. The van der Waals surface area contributed by atoms with Gasteiger partial charge in [0.15, 0.2) is 0 Å². The van der Waals surface area contributed by atoms with Gasteiger partial charge in [0.25, 0.3) is 0 Å². The van der Waals surface area contributed by atoms with E-state index in [0.29, 0.717) is 18.8 Å². The summed E-state index contributed by atoms with van der Waals surface area (Å²) in [7, 11) is 1.68. The Morgan fingerprint density at radius 1 is 1.33 bits per heavy atom. The molecule has 0 aliphatic carbocycles. The minimum Gasteiger partial charge on any atom is -0.439 e. The van der Waals surface area contributed by atoms with E-state index >= 15 is 0 Å². The van der Waals surface area contributed by atoms with Crippen LogP contribution in [0.3, 0.4) is 0 Å². The summed E-state index contributed by atoms with van der Waals surface area (Å²) >= 11 is 0. The largest absolute Gasteiger partial charge is 0.439 e. The average Bonchev–Trinajstić information content (AvgIpc) is 2.66. The Labute approximate surface area is 120 Å². The Kier molecular flexibility index (Phi) is 4.22. The Morgan fingerprint density at radius 3 is 2.67 bits per heavy atom. The second-order valence-electron chi connectivity index (χ2n) is 4.66. The van der Waals surface area contributed by atoms with E-state index in [1.54, 1.807) is 7.05 Å². The lowest BCUT2D eigenvalue weighted by Gasteiger charge is -2.11. The molecule has 0 unspecified atom stereocenters. The molecule has 0 spiro atoms. The fraction of sp³-hybridized carbons (Fsp3) is 0.357. The first kappa shape index (κ1) is 15.4. The van der Waals surface area contributed by atoms with Crippen molar-refractivity contribution in [2.24, 2.45) is 12.8 Å². The molecule has 0 radical (unpaired) electrons. The zero-order valence-electron chi connectivity index (χ0n) is 11.7. The molecular weight excluding hydrogens is 283 g/mol. The number of aromatic nitrogens is 2. The van der Waals surface area contributed by atoms with Gasteiger partial charge in [-0.3, -0.25) is 0 Å². The molecule has 0 saturated heterocycles. The first-order valence-corrected chi connectivity index (χ1v) is 6.40. The number of benzene rings is 1. The minimum atomic E-state index is -4.40. The van der Waals surface area contributed by atoms with E-state index in [9.17, 15) is 13.2 Å². The summed E-state index contributed by atoms with van der Waals surface area (Å²) in [5, 5.41) is 4.21. The van der Waals surface area contributed by atoms with Crippen molar-refractivity contribution >= 4 is 0 Å². The van der Waals surface area contributed by atoms with Crippen LogP contribution in [0.2, 0.25) is 0 Å². The van der Waals surface area contributed by atoms with Crippen molar-refractivity contribution in [2.75, 3.05) is 6.54 Å². The lowest BCUT2D eigenvalue weighted by Crippen LogP contribution is -2.06. The molecule has 0 fully saturated rings. The molecule has 2 rings (SSSR count). The van der Waals surface area contributed by atoms with Gasteiger partial charge in [0.2, 0.25) is 5.88 Å². The van der Waals surface area contributed by atoms with Crippen LogP contribution in [0.4, 0.5) is 13.2 Å². The van der Waals surface area contributed by atoms with Crippen molar-refractivity contribution in [3.63, 3.8) is 0 Å². The van der Waals surface area contributed by atoms with Gasteiger partial charge < -0.3 is 10.5 Å². The van der Waals surface area contributed by atoms with Crippen molar-refractivity contribution in [3.8, 4) is 11.6 Å². The number of aryl methyl sites for hydroxylation is 2. The molecular formula is C14H16F3N3O. The van der Waals surface area contributed by atoms with Gasteiger partial charge in [-0.15, -0.1) is 0 Å². The molecule has 0 saturated carbocycles. The molecule has 2 aromatic rings. The third-order valence-corrected chi connectivity index (χ3v) is 3.06. The quantitative estimate of drug-likeness (QED) is 0.944. The Hall–Kier alpha value is -2.02. The lowest BCUT2D eigenvalue weighted by molar-refractivity contribution is -0.137. The van der Waals surface area contributed by atoms with Crippen LogP contribution in [0.5, 0.6) is 11.6 Å².